The third kappa shape index (κ3) is 3.96. The van der Waals surface area contributed by atoms with Crippen LogP contribution in [-0.2, 0) is 11.9 Å². The van der Waals surface area contributed by atoms with Crippen molar-refractivity contribution in [3.63, 3.8) is 0 Å². The third-order valence-electron chi connectivity index (χ3n) is 2.70. The van der Waals surface area contributed by atoms with Gasteiger partial charge < -0.3 is 9.47 Å². The molecular formula is C15H13Br2FO2. The first kappa shape index (κ1) is 15.3. The first-order valence-electron chi connectivity index (χ1n) is 5.93. The van der Waals surface area contributed by atoms with Crippen molar-refractivity contribution in [2.45, 2.75) is 11.9 Å². The maximum atomic E-state index is 13.3. The van der Waals surface area contributed by atoms with E-state index in [0.29, 0.717) is 16.0 Å². The Balaban J connectivity index is 2.14. The van der Waals surface area contributed by atoms with Crippen LogP contribution in [-0.4, -0.2) is 7.11 Å². The summed E-state index contributed by atoms with van der Waals surface area (Å²) in [6, 6.07) is 10.4. The molecule has 0 N–H and O–H groups in total. The zero-order valence-corrected chi connectivity index (χ0v) is 14.0. The van der Waals surface area contributed by atoms with Crippen molar-refractivity contribution in [2.24, 2.45) is 0 Å². The molecule has 0 aliphatic carbocycles. The normalized spacial score (nSPS) is 10.4. The summed E-state index contributed by atoms with van der Waals surface area (Å²) in [5, 5.41) is 0.750. The number of halogens is 3. The molecule has 0 bridgehead atoms. The number of benzene rings is 2. The van der Waals surface area contributed by atoms with E-state index in [1.165, 1.54) is 12.1 Å². The summed E-state index contributed by atoms with van der Waals surface area (Å²) in [6.45, 7) is 0.278. The van der Waals surface area contributed by atoms with Crippen molar-refractivity contribution >= 4 is 31.9 Å². The summed E-state index contributed by atoms with van der Waals surface area (Å²) in [5.74, 6) is 1.01. The summed E-state index contributed by atoms with van der Waals surface area (Å²) < 4.78 is 25.0. The summed E-state index contributed by atoms with van der Waals surface area (Å²) in [4.78, 5) is 0. The van der Waals surface area contributed by atoms with Crippen molar-refractivity contribution in [2.75, 3.05) is 7.11 Å². The molecule has 0 saturated heterocycles. The molecule has 106 valence electrons. The number of hydrogen-bond acceptors (Lipinski definition) is 2. The van der Waals surface area contributed by atoms with Gasteiger partial charge >= 0.3 is 0 Å². The standard InChI is InChI=1S/C15H13Br2FO2/c1-19-15-6-10(8-16)2-3-14(15)20-9-11-4-12(17)7-13(18)5-11/h2-7H,8-9H2,1H3. The minimum absolute atomic E-state index is 0.278. The highest BCUT2D eigenvalue weighted by Gasteiger charge is 2.07. The van der Waals surface area contributed by atoms with Gasteiger partial charge in [-0.05, 0) is 41.5 Å². The molecule has 0 atom stereocenters. The predicted molar refractivity (Wildman–Crippen MR) is 84.1 cm³/mol. The first-order chi connectivity index (χ1) is 9.62. The van der Waals surface area contributed by atoms with Crippen molar-refractivity contribution in [1.29, 1.82) is 0 Å². The van der Waals surface area contributed by atoms with Gasteiger partial charge in [0.25, 0.3) is 0 Å². The Morgan fingerprint density at radius 3 is 2.50 bits per heavy atom. The number of ether oxygens (including phenoxy) is 2. The van der Waals surface area contributed by atoms with Gasteiger partial charge in [-0.3, -0.25) is 0 Å². The SMILES string of the molecule is COc1cc(CBr)ccc1OCc1cc(F)cc(Br)c1. The molecule has 0 aliphatic heterocycles. The Morgan fingerprint density at radius 2 is 1.85 bits per heavy atom. The van der Waals surface area contributed by atoms with Crippen molar-refractivity contribution in [1.82, 2.24) is 0 Å². The molecule has 0 fully saturated rings. The van der Waals surface area contributed by atoms with Crippen LogP contribution in [0.1, 0.15) is 11.1 Å². The Hall–Kier alpha value is -1.07. The van der Waals surface area contributed by atoms with Gasteiger partial charge in [0.05, 0.1) is 7.11 Å². The van der Waals surface area contributed by atoms with Gasteiger partial charge in [0.1, 0.15) is 12.4 Å². The van der Waals surface area contributed by atoms with E-state index in [9.17, 15) is 4.39 Å². The number of alkyl halides is 1. The molecular weight excluding hydrogens is 391 g/mol. The Morgan fingerprint density at radius 1 is 1.05 bits per heavy atom. The van der Waals surface area contributed by atoms with E-state index in [1.54, 1.807) is 7.11 Å². The fourth-order valence-electron chi connectivity index (χ4n) is 1.77. The number of methoxy groups -OCH3 is 1. The Labute approximate surface area is 134 Å². The van der Waals surface area contributed by atoms with Crippen LogP contribution in [0.15, 0.2) is 40.9 Å². The van der Waals surface area contributed by atoms with Crippen LogP contribution in [0.3, 0.4) is 0 Å². The van der Waals surface area contributed by atoms with Crippen LogP contribution in [0.5, 0.6) is 11.5 Å². The fraction of sp³-hybridized carbons (Fsp3) is 0.200. The van der Waals surface area contributed by atoms with E-state index in [-0.39, 0.29) is 12.4 Å². The molecule has 0 heterocycles. The molecule has 20 heavy (non-hydrogen) atoms. The second kappa shape index (κ2) is 7.09. The van der Waals surface area contributed by atoms with Gasteiger partial charge in [0.15, 0.2) is 11.5 Å². The predicted octanol–water partition coefficient (Wildman–Crippen LogP) is 5.07. The van der Waals surface area contributed by atoms with E-state index in [1.807, 2.05) is 24.3 Å². The lowest BCUT2D eigenvalue weighted by atomic mass is 10.2. The second-order valence-corrected chi connectivity index (χ2v) is 5.66. The highest BCUT2D eigenvalue weighted by Crippen LogP contribution is 2.29. The molecule has 0 aliphatic rings. The van der Waals surface area contributed by atoms with Gasteiger partial charge in [-0.2, -0.15) is 0 Å². The molecule has 0 aromatic heterocycles. The summed E-state index contributed by atoms with van der Waals surface area (Å²) >= 11 is 6.65. The molecule has 2 aromatic carbocycles. The molecule has 0 radical (unpaired) electrons. The largest absolute Gasteiger partial charge is 0.493 e. The average Bonchev–Trinajstić information content (AvgIpc) is 2.44. The van der Waals surface area contributed by atoms with Gasteiger partial charge in [0.2, 0.25) is 0 Å². The fourth-order valence-corrected chi connectivity index (χ4v) is 2.63. The highest BCUT2D eigenvalue weighted by atomic mass is 79.9. The van der Waals surface area contributed by atoms with Gasteiger partial charge in [-0.25, -0.2) is 4.39 Å². The van der Waals surface area contributed by atoms with Gasteiger partial charge in [-0.1, -0.05) is 37.9 Å². The zero-order valence-electron chi connectivity index (χ0n) is 10.8. The molecule has 0 saturated carbocycles. The van der Waals surface area contributed by atoms with Crippen molar-refractivity contribution in [3.05, 3.63) is 57.8 Å². The number of hydrogen-bond donors (Lipinski definition) is 0. The van der Waals surface area contributed by atoms with E-state index < -0.39 is 0 Å². The van der Waals surface area contributed by atoms with Crippen molar-refractivity contribution in [3.8, 4) is 11.5 Å². The minimum atomic E-state index is -0.292. The molecule has 2 nitrogen and oxygen atoms in total. The van der Waals surface area contributed by atoms with E-state index in [0.717, 1.165) is 16.5 Å². The average molecular weight is 404 g/mol. The Kier molecular flexibility index (Phi) is 5.43. The van der Waals surface area contributed by atoms with Gasteiger partial charge in [0, 0.05) is 9.80 Å². The van der Waals surface area contributed by atoms with Gasteiger partial charge in [-0.15, -0.1) is 0 Å². The van der Waals surface area contributed by atoms with Crippen LogP contribution in [0.2, 0.25) is 0 Å². The summed E-state index contributed by atoms with van der Waals surface area (Å²) in [5.41, 5.74) is 1.85. The third-order valence-corrected chi connectivity index (χ3v) is 3.80. The van der Waals surface area contributed by atoms with Crippen molar-refractivity contribution < 1.29 is 13.9 Å². The maximum absolute atomic E-state index is 13.3. The molecule has 0 amide bonds. The highest BCUT2D eigenvalue weighted by molar-refractivity contribution is 9.10. The monoisotopic (exact) mass is 402 g/mol. The summed E-state index contributed by atoms with van der Waals surface area (Å²) in [7, 11) is 1.60. The lowest BCUT2D eigenvalue weighted by Gasteiger charge is -2.12. The minimum Gasteiger partial charge on any atom is -0.493 e. The second-order valence-electron chi connectivity index (χ2n) is 4.19. The van der Waals surface area contributed by atoms with Crippen LogP contribution in [0.25, 0.3) is 0 Å². The lowest BCUT2D eigenvalue weighted by molar-refractivity contribution is 0.284. The zero-order chi connectivity index (χ0) is 14.5. The van der Waals surface area contributed by atoms with E-state index >= 15 is 0 Å². The molecule has 5 heteroatoms. The van der Waals surface area contributed by atoms with E-state index in [4.69, 9.17) is 9.47 Å². The topological polar surface area (TPSA) is 18.5 Å². The van der Waals surface area contributed by atoms with E-state index in [2.05, 4.69) is 31.9 Å². The molecule has 2 rings (SSSR count). The molecule has 0 unspecified atom stereocenters. The number of rotatable bonds is 5. The maximum Gasteiger partial charge on any atom is 0.161 e. The van der Waals surface area contributed by atoms with Crippen LogP contribution >= 0.6 is 31.9 Å². The Bertz CT molecular complexity index is 582. The van der Waals surface area contributed by atoms with Crippen LogP contribution in [0, 0.1) is 5.82 Å². The van der Waals surface area contributed by atoms with Crippen LogP contribution in [0.4, 0.5) is 4.39 Å². The molecule has 2 aromatic rings. The first-order valence-corrected chi connectivity index (χ1v) is 7.84. The smallest absolute Gasteiger partial charge is 0.161 e. The van der Waals surface area contributed by atoms with Crippen LogP contribution < -0.4 is 9.47 Å². The quantitative estimate of drug-likeness (QED) is 0.648. The summed E-state index contributed by atoms with van der Waals surface area (Å²) in [6.07, 6.45) is 0. The molecule has 0 spiro atoms. The lowest BCUT2D eigenvalue weighted by Crippen LogP contribution is -1.99.